The Labute approximate surface area is 135 Å². The number of pyridine rings is 1. The van der Waals surface area contributed by atoms with Crippen LogP contribution in [0.1, 0.15) is 16.1 Å². The summed E-state index contributed by atoms with van der Waals surface area (Å²) >= 11 is 3.29. The third-order valence-electron chi connectivity index (χ3n) is 3.05. The van der Waals surface area contributed by atoms with Crippen molar-refractivity contribution in [2.24, 2.45) is 0 Å². The predicted molar refractivity (Wildman–Crippen MR) is 86.6 cm³/mol. The average Bonchev–Trinajstić information content (AvgIpc) is 3.00. The van der Waals surface area contributed by atoms with Gasteiger partial charge in [-0.15, -0.1) is 0 Å². The lowest BCUT2D eigenvalue weighted by molar-refractivity contribution is 0.101. The van der Waals surface area contributed by atoms with Gasteiger partial charge in [0, 0.05) is 22.3 Å². The van der Waals surface area contributed by atoms with E-state index in [1.54, 1.807) is 24.4 Å². The molecule has 110 valence electrons. The number of anilines is 1. The van der Waals surface area contributed by atoms with Crippen molar-refractivity contribution in [2.75, 3.05) is 5.32 Å². The average molecular weight is 358 g/mol. The Hall–Kier alpha value is -2.47. The fourth-order valence-electron chi connectivity index (χ4n) is 1.87. The lowest BCUT2D eigenvalue weighted by atomic mass is 10.1. The molecule has 1 amide bonds. The van der Waals surface area contributed by atoms with Gasteiger partial charge in [-0.1, -0.05) is 35.0 Å². The molecule has 22 heavy (non-hydrogen) atoms. The number of nitrogens with one attached hydrogen (secondary N) is 1. The van der Waals surface area contributed by atoms with Gasteiger partial charge in [0.15, 0.2) is 11.5 Å². The lowest BCUT2D eigenvalue weighted by Crippen LogP contribution is -2.13. The number of amides is 1. The Balaban J connectivity index is 1.76. The minimum Gasteiger partial charge on any atom is -0.355 e. The van der Waals surface area contributed by atoms with Gasteiger partial charge in [0.05, 0.1) is 0 Å². The van der Waals surface area contributed by atoms with Gasteiger partial charge in [0.25, 0.3) is 5.91 Å². The van der Waals surface area contributed by atoms with Gasteiger partial charge < -0.3 is 9.84 Å². The summed E-state index contributed by atoms with van der Waals surface area (Å²) in [5.74, 6) is 0.638. The highest BCUT2D eigenvalue weighted by Gasteiger charge is 2.14. The van der Waals surface area contributed by atoms with Crippen molar-refractivity contribution in [2.45, 2.75) is 6.92 Å². The van der Waals surface area contributed by atoms with Crippen molar-refractivity contribution < 1.29 is 9.32 Å². The van der Waals surface area contributed by atoms with Crippen molar-refractivity contribution in [1.82, 2.24) is 10.1 Å². The van der Waals surface area contributed by atoms with E-state index in [4.69, 9.17) is 4.52 Å². The molecule has 2 aromatic heterocycles. The van der Waals surface area contributed by atoms with Crippen LogP contribution >= 0.6 is 15.9 Å². The van der Waals surface area contributed by atoms with Crippen molar-refractivity contribution in [3.63, 3.8) is 0 Å². The molecule has 5 nitrogen and oxygen atoms in total. The molecular weight excluding hydrogens is 346 g/mol. The number of rotatable bonds is 3. The second-order valence-electron chi connectivity index (χ2n) is 4.76. The number of hydrogen-bond donors (Lipinski definition) is 1. The first-order valence-corrected chi connectivity index (χ1v) is 7.38. The van der Waals surface area contributed by atoms with Crippen molar-refractivity contribution in [1.29, 1.82) is 0 Å². The topological polar surface area (TPSA) is 68.0 Å². The number of halogens is 1. The number of benzene rings is 1. The molecule has 0 fully saturated rings. The summed E-state index contributed by atoms with van der Waals surface area (Å²) in [5, 5.41) is 6.47. The van der Waals surface area contributed by atoms with Gasteiger partial charge in [-0.25, -0.2) is 4.98 Å². The third kappa shape index (κ3) is 3.23. The SMILES string of the molecule is Cc1ccc(-c2cc(C(=O)Nc3ccc(Br)cn3)no2)cc1. The molecule has 3 rings (SSSR count). The number of carbonyl (C=O) groups is 1. The normalized spacial score (nSPS) is 10.5. The second kappa shape index (κ2) is 6.11. The van der Waals surface area contributed by atoms with E-state index in [2.05, 4.69) is 31.4 Å². The minimum absolute atomic E-state index is 0.209. The summed E-state index contributed by atoms with van der Waals surface area (Å²) in [6, 6.07) is 12.9. The molecule has 0 aliphatic carbocycles. The Morgan fingerprint density at radius 1 is 1.18 bits per heavy atom. The van der Waals surface area contributed by atoms with Crippen LogP contribution in [0.15, 0.2) is 57.7 Å². The first-order chi connectivity index (χ1) is 10.6. The van der Waals surface area contributed by atoms with Crippen LogP contribution in [-0.4, -0.2) is 16.0 Å². The number of aromatic nitrogens is 2. The van der Waals surface area contributed by atoms with E-state index >= 15 is 0 Å². The van der Waals surface area contributed by atoms with E-state index in [1.807, 2.05) is 31.2 Å². The van der Waals surface area contributed by atoms with Gasteiger partial charge in [0.1, 0.15) is 5.82 Å². The highest BCUT2D eigenvalue weighted by molar-refractivity contribution is 9.10. The Morgan fingerprint density at radius 3 is 2.64 bits per heavy atom. The van der Waals surface area contributed by atoms with Gasteiger partial charge in [-0.05, 0) is 35.0 Å². The maximum Gasteiger partial charge on any atom is 0.279 e. The minimum atomic E-state index is -0.364. The number of carbonyl (C=O) groups excluding carboxylic acids is 1. The highest BCUT2D eigenvalue weighted by atomic mass is 79.9. The van der Waals surface area contributed by atoms with E-state index in [0.717, 1.165) is 15.6 Å². The van der Waals surface area contributed by atoms with Crippen LogP contribution in [0.4, 0.5) is 5.82 Å². The Kier molecular flexibility index (Phi) is 4.02. The first kappa shape index (κ1) is 14.5. The lowest BCUT2D eigenvalue weighted by Gasteiger charge is -2.00. The van der Waals surface area contributed by atoms with Crippen LogP contribution in [0.25, 0.3) is 11.3 Å². The van der Waals surface area contributed by atoms with Crippen LogP contribution in [0, 0.1) is 6.92 Å². The van der Waals surface area contributed by atoms with Crippen LogP contribution in [0.3, 0.4) is 0 Å². The molecule has 1 N–H and O–H groups in total. The molecule has 0 atom stereocenters. The standard InChI is InChI=1S/C16H12BrN3O2/c1-10-2-4-11(5-3-10)14-8-13(20-22-14)16(21)19-15-7-6-12(17)9-18-15/h2-9H,1H3,(H,18,19,21). The summed E-state index contributed by atoms with van der Waals surface area (Å²) in [6.45, 7) is 2.01. The third-order valence-corrected chi connectivity index (χ3v) is 3.52. The number of nitrogens with zero attached hydrogens (tertiary/aromatic N) is 2. The van der Waals surface area contributed by atoms with Crippen LogP contribution in [0.2, 0.25) is 0 Å². The van der Waals surface area contributed by atoms with E-state index in [1.165, 1.54) is 0 Å². The van der Waals surface area contributed by atoms with Gasteiger partial charge in [-0.3, -0.25) is 4.79 Å². The molecule has 6 heteroatoms. The first-order valence-electron chi connectivity index (χ1n) is 6.58. The molecule has 0 unspecified atom stereocenters. The molecule has 0 radical (unpaired) electrons. The van der Waals surface area contributed by atoms with Crippen molar-refractivity contribution in [3.8, 4) is 11.3 Å². The summed E-state index contributed by atoms with van der Waals surface area (Å²) in [4.78, 5) is 16.2. The zero-order chi connectivity index (χ0) is 15.5. The maximum absolute atomic E-state index is 12.1. The molecule has 1 aromatic carbocycles. The zero-order valence-corrected chi connectivity index (χ0v) is 13.3. The van der Waals surface area contributed by atoms with Crippen molar-refractivity contribution >= 4 is 27.7 Å². The molecule has 0 aliphatic rings. The molecule has 0 saturated heterocycles. The highest BCUT2D eigenvalue weighted by Crippen LogP contribution is 2.21. The molecule has 0 spiro atoms. The van der Waals surface area contributed by atoms with E-state index < -0.39 is 0 Å². The zero-order valence-electron chi connectivity index (χ0n) is 11.7. The molecule has 0 aliphatic heterocycles. The predicted octanol–water partition coefficient (Wildman–Crippen LogP) is 4.06. The number of hydrogen-bond acceptors (Lipinski definition) is 4. The summed E-state index contributed by atoms with van der Waals surface area (Å²) < 4.78 is 6.07. The van der Waals surface area contributed by atoms with Crippen LogP contribution in [0.5, 0.6) is 0 Å². The second-order valence-corrected chi connectivity index (χ2v) is 5.67. The quantitative estimate of drug-likeness (QED) is 0.767. The summed E-state index contributed by atoms with van der Waals surface area (Å²) in [7, 11) is 0. The Morgan fingerprint density at radius 2 is 1.95 bits per heavy atom. The van der Waals surface area contributed by atoms with Gasteiger partial charge in [0.2, 0.25) is 0 Å². The smallest absolute Gasteiger partial charge is 0.279 e. The van der Waals surface area contributed by atoms with Crippen LogP contribution in [-0.2, 0) is 0 Å². The summed E-state index contributed by atoms with van der Waals surface area (Å²) in [6.07, 6.45) is 1.61. The van der Waals surface area contributed by atoms with Crippen molar-refractivity contribution in [3.05, 3.63) is 64.4 Å². The molecular formula is C16H12BrN3O2. The van der Waals surface area contributed by atoms with Crippen LogP contribution < -0.4 is 5.32 Å². The molecule has 3 aromatic rings. The molecule has 0 saturated carbocycles. The van der Waals surface area contributed by atoms with E-state index in [-0.39, 0.29) is 11.6 Å². The maximum atomic E-state index is 12.1. The largest absolute Gasteiger partial charge is 0.355 e. The summed E-state index contributed by atoms with van der Waals surface area (Å²) in [5.41, 5.74) is 2.24. The van der Waals surface area contributed by atoms with Gasteiger partial charge in [-0.2, -0.15) is 0 Å². The monoisotopic (exact) mass is 357 g/mol. The molecule has 0 bridgehead atoms. The number of aryl methyl sites for hydroxylation is 1. The fraction of sp³-hybridized carbons (Fsp3) is 0.0625. The molecule has 2 heterocycles. The fourth-order valence-corrected chi connectivity index (χ4v) is 2.10. The Bertz CT molecular complexity index is 795. The van der Waals surface area contributed by atoms with Gasteiger partial charge >= 0.3 is 0 Å². The van der Waals surface area contributed by atoms with E-state index in [9.17, 15) is 4.79 Å². The van der Waals surface area contributed by atoms with E-state index in [0.29, 0.717) is 11.6 Å².